The first-order valence-corrected chi connectivity index (χ1v) is 6.09. The van der Waals surface area contributed by atoms with E-state index in [4.69, 9.17) is 4.74 Å². The number of hydrogen-bond donors (Lipinski definition) is 2. The number of amides is 1. The fraction of sp³-hybridized carbons (Fsp3) is 0.917. The zero-order valence-electron chi connectivity index (χ0n) is 10.8. The summed E-state index contributed by atoms with van der Waals surface area (Å²) >= 11 is 0. The molecule has 1 aliphatic rings. The van der Waals surface area contributed by atoms with Crippen molar-refractivity contribution in [1.82, 2.24) is 10.6 Å². The largest absolute Gasteiger partial charge is 0.444 e. The lowest BCUT2D eigenvalue weighted by atomic mass is 9.92. The van der Waals surface area contributed by atoms with Gasteiger partial charge in [0.2, 0.25) is 0 Å². The molecular weight excluding hydrogens is 204 g/mol. The molecular formula is C12H24N2O2. The number of piperidine rings is 1. The maximum Gasteiger partial charge on any atom is 0.407 e. The van der Waals surface area contributed by atoms with E-state index in [2.05, 4.69) is 17.6 Å². The molecule has 1 rings (SSSR count). The standard InChI is InChI=1S/C12H24N2O2/c1-9-10(6-5-7-13-9)8-14-11(15)16-12(2,3)4/h9-10,13H,5-8H2,1-4H3,(H,14,15). The zero-order chi connectivity index (χ0) is 12.2. The van der Waals surface area contributed by atoms with Gasteiger partial charge in [-0.25, -0.2) is 4.79 Å². The van der Waals surface area contributed by atoms with Crippen LogP contribution in [0.1, 0.15) is 40.5 Å². The molecule has 0 aromatic carbocycles. The molecule has 94 valence electrons. The van der Waals surface area contributed by atoms with E-state index in [1.165, 1.54) is 12.8 Å². The number of alkyl carbamates (subject to hydrolysis) is 1. The fourth-order valence-electron chi connectivity index (χ4n) is 1.92. The predicted molar refractivity (Wildman–Crippen MR) is 64.4 cm³/mol. The minimum absolute atomic E-state index is 0.315. The second-order valence-corrected chi connectivity index (χ2v) is 5.53. The van der Waals surface area contributed by atoms with Crippen LogP contribution in [0.3, 0.4) is 0 Å². The topological polar surface area (TPSA) is 50.4 Å². The molecule has 0 aromatic rings. The Labute approximate surface area is 98.1 Å². The van der Waals surface area contributed by atoms with Gasteiger partial charge in [0, 0.05) is 12.6 Å². The third-order valence-electron chi connectivity index (χ3n) is 2.83. The minimum atomic E-state index is -0.416. The first-order chi connectivity index (χ1) is 7.38. The molecule has 2 atom stereocenters. The highest BCUT2D eigenvalue weighted by molar-refractivity contribution is 5.67. The maximum atomic E-state index is 11.5. The number of carbonyl (C=O) groups is 1. The van der Waals surface area contributed by atoms with Crippen LogP contribution in [0.5, 0.6) is 0 Å². The van der Waals surface area contributed by atoms with Crippen molar-refractivity contribution in [1.29, 1.82) is 0 Å². The summed E-state index contributed by atoms with van der Waals surface area (Å²) in [6, 6.07) is 0.476. The van der Waals surface area contributed by atoms with Gasteiger partial charge in [0.05, 0.1) is 0 Å². The molecule has 4 heteroatoms. The smallest absolute Gasteiger partial charge is 0.407 e. The Morgan fingerprint density at radius 3 is 2.75 bits per heavy atom. The molecule has 0 saturated carbocycles. The van der Waals surface area contributed by atoms with Crippen LogP contribution < -0.4 is 10.6 Å². The molecule has 1 heterocycles. The van der Waals surface area contributed by atoms with Crippen LogP contribution in [0.4, 0.5) is 4.79 Å². The fourth-order valence-corrected chi connectivity index (χ4v) is 1.92. The van der Waals surface area contributed by atoms with Gasteiger partial charge in [-0.15, -0.1) is 0 Å². The third-order valence-corrected chi connectivity index (χ3v) is 2.83. The summed E-state index contributed by atoms with van der Waals surface area (Å²) in [6.45, 7) is 9.57. The number of rotatable bonds is 2. The number of carbonyl (C=O) groups excluding carboxylic acids is 1. The van der Waals surface area contributed by atoms with Crippen LogP contribution >= 0.6 is 0 Å². The van der Waals surface area contributed by atoms with Crippen molar-refractivity contribution >= 4 is 6.09 Å². The van der Waals surface area contributed by atoms with E-state index >= 15 is 0 Å². The second-order valence-electron chi connectivity index (χ2n) is 5.53. The van der Waals surface area contributed by atoms with Crippen molar-refractivity contribution in [3.63, 3.8) is 0 Å². The highest BCUT2D eigenvalue weighted by Gasteiger charge is 2.22. The Hall–Kier alpha value is -0.770. The summed E-state index contributed by atoms with van der Waals surface area (Å²) < 4.78 is 5.19. The number of hydrogen-bond acceptors (Lipinski definition) is 3. The van der Waals surface area contributed by atoms with Gasteiger partial charge in [-0.3, -0.25) is 0 Å². The molecule has 1 fully saturated rings. The van der Waals surface area contributed by atoms with Gasteiger partial charge in [0.25, 0.3) is 0 Å². The molecule has 1 aliphatic heterocycles. The van der Waals surface area contributed by atoms with Crippen molar-refractivity contribution in [3.05, 3.63) is 0 Å². The Morgan fingerprint density at radius 1 is 1.50 bits per heavy atom. The van der Waals surface area contributed by atoms with Crippen LogP contribution in [-0.4, -0.2) is 30.8 Å². The van der Waals surface area contributed by atoms with Gasteiger partial charge in [-0.05, 0) is 53.0 Å². The van der Waals surface area contributed by atoms with Crippen LogP contribution in [0.15, 0.2) is 0 Å². The molecule has 0 bridgehead atoms. The predicted octanol–water partition coefficient (Wildman–Crippen LogP) is 1.90. The van der Waals surface area contributed by atoms with Crippen molar-refractivity contribution < 1.29 is 9.53 Å². The normalized spacial score (nSPS) is 26.2. The molecule has 2 unspecified atom stereocenters. The lowest BCUT2D eigenvalue weighted by Crippen LogP contribution is -2.45. The highest BCUT2D eigenvalue weighted by Crippen LogP contribution is 2.15. The lowest BCUT2D eigenvalue weighted by Gasteiger charge is -2.30. The van der Waals surface area contributed by atoms with Gasteiger partial charge in [0.1, 0.15) is 5.60 Å². The molecule has 16 heavy (non-hydrogen) atoms. The lowest BCUT2D eigenvalue weighted by molar-refractivity contribution is 0.0512. The van der Waals surface area contributed by atoms with Crippen molar-refractivity contribution in [2.24, 2.45) is 5.92 Å². The van der Waals surface area contributed by atoms with Crippen molar-refractivity contribution in [3.8, 4) is 0 Å². The first kappa shape index (κ1) is 13.3. The van der Waals surface area contributed by atoms with Crippen molar-refractivity contribution in [2.45, 2.75) is 52.2 Å². The molecule has 0 radical (unpaired) electrons. The van der Waals surface area contributed by atoms with Crippen LogP contribution in [0.2, 0.25) is 0 Å². The van der Waals surface area contributed by atoms with Gasteiger partial charge < -0.3 is 15.4 Å². The Bertz CT molecular complexity index is 236. The van der Waals surface area contributed by atoms with Gasteiger partial charge in [-0.2, -0.15) is 0 Å². The van der Waals surface area contributed by atoms with Crippen LogP contribution in [-0.2, 0) is 4.74 Å². The number of nitrogens with one attached hydrogen (secondary N) is 2. The maximum absolute atomic E-state index is 11.5. The Kier molecular flexibility index (Phi) is 4.59. The van der Waals surface area contributed by atoms with Gasteiger partial charge in [-0.1, -0.05) is 0 Å². The van der Waals surface area contributed by atoms with E-state index in [9.17, 15) is 4.79 Å². The van der Waals surface area contributed by atoms with E-state index < -0.39 is 5.60 Å². The summed E-state index contributed by atoms with van der Waals surface area (Å²) in [4.78, 5) is 11.5. The van der Waals surface area contributed by atoms with Crippen LogP contribution in [0.25, 0.3) is 0 Å². The van der Waals surface area contributed by atoms with Gasteiger partial charge >= 0.3 is 6.09 Å². The quantitative estimate of drug-likeness (QED) is 0.759. The van der Waals surface area contributed by atoms with Crippen LogP contribution in [0, 0.1) is 5.92 Å². The SMILES string of the molecule is CC1NCCCC1CNC(=O)OC(C)(C)C. The molecule has 0 aromatic heterocycles. The van der Waals surface area contributed by atoms with E-state index in [0.29, 0.717) is 18.5 Å². The summed E-state index contributed by atoms with van der Waals surface area (Å²) in [6.07, 6.45) is 2.04. The van der Waals surface area contributed by atoms with E-state index in [0.717, 1.165) is 6.54 Å². The van der Waals surface area contributed by atoms with Crippen molar-refractivity contribution in [2.75, 3.05) is 13.1 Å². The summed E-state index contributed by atoms with van der Waals surface area (Å²) in [5.74, 6) is 0.515. The van der Waals surface area contributed by atoms with E-state index in [-0.39, 0.29) is 6.09 Å². The highest BCUT2D eigenvalue weighted by atomic mass is 16.6. The minimum Gasteiger partial charge on any atom is -0.444 e. The molecule has 0 aliphatic carbocycles. The molecule has 0 spiro atoms. The zero-order valence-corrected chi connectivity index (χ0v) is 10.8. The second kappa shape index (κ2) is 5.53. The average molecular weight is 228 g/mol. The Balaban J connectivity index is 2.25. The molecule has 1 saturated heterocycles. The molecule has 4 nitrogen and oxygen atoms in total. The van der Waals surface area contributed by atoms with Gasteiger partial charge in [0.15, 0.2) is 0 Å². The number of ether oxygens (including phenoxy) is 1. The summed E-state index contributed by atoms with van der Waals surface area (Å²) in [5.41, 5.74) is -0.416. The molecule has 1 amide bonds. The molecule has 2 N–H and O–H groups in total. The van der Waals surface area contributed by atoms with E-state index in [1.54, 1.807) is 0 Å². The summed E-state index contributed by atoms with van der Waals surface area (Å²) in [5, 5.41) is 6.25. The Morgan fingerprint density at radius 2 is 2.19 bits per heavy atom. The summed E-state index contributed by atoms with van der Waals surface area (Å²) in [7, 11) is 0. The monoisotopic (exact) mass is 228 g/mol. The third kappa shape index (κ3) is 4.84. The first-order valence-electron chi connectivity index (χ1n) is 6.09. The van der Waals surface area contributed by atoms with E-state index in [1.807, 2.05) is 20.8 Å². The average Bonchev–Trinajstić information content (AvgIpc) is 2.14.